The molecule has 3 nitrogen and oxygen atoms in total. The van der Waals surface area contributed by atoms with Gasteiger partial charge in [0.05, 0.1) is 18.0 Å². The minimum atomic E-state index is 0.0282. The number of nitrogens with zero attached hydrogens (tertiary/aromatic N) is 2. The van der Waals surface area contributed by atoms with Gasteiger partial charge in [0.2, 0.25) is 0 Å². The van der Waals surface area contributed by atoms with Gasteiger partial charge in [0.25, 0.3) is 0 Å². The van der Waals surface area contributed by atoms with E-state index in [2.05, 4.69) is 24.3 Å². The van der Waals surface area contributed by atoms with E-state index in [1.807, 2.05) is 66.7 Å². The third-order valence-electron chi connectivity index (χ3n) is 4.26. The van der Waals surface area contributed by atoms with Gasteiger partial charge >= 0.3 is 0 Å². The molecule has 0 aliphatic carbocycles. The van der Waals surface area contributed by atoms with Gasteiger partial charge in [-0.25, -0.2) is 9.97 Å². The van der Waals surface area contributed by atoms with Gasteiger partial charge in [-0.05, 0) is 11.6 Å². The summed E-state index contributed by atoms with van der Waals surface area (Å²) in [7, 11) is 0. The van der Waals surface area contributed by atoms with E-state index in [-0.39, 0.29) is 6.61 Å². The Bertz CT molecular complexity index is 940. The van der Waals surface area contributed by atoms with Gasteiger partial charge in [-0.3, -0.25) is 0 Å². The predicted molar refractivity (Wildman–Crippen MR) is 104 cm³/mol. The Morgan fingerprint density at radius 1 is 0.577 bits per heavy atom. The van der Waals surface area contributed by atoms with E-state index in [4.69, 9.17) is 9.97 Å². The van der Waals surface area contributed by atoms with Crippen molar-refractivity contribution in [3.8, 4) is 33.9 Å². The molecule has 4 aromatic rings. The third-order valence-corrected chi connectivity index (χ3v) is 4.26. The fourth-order valence-corrected chi connectivity index (χ4v) is 2.85. The molecule has 1 N–H and O–H groups in total. The van der Waals surface area contributed by atoms with Crippen LogP contribution in [-0.2, 0) is 6.61 Å². The Hall–Kier alpha value is -3.30. The van der Waals surface area contributed by atoms with E-state index in [0.29, 0.717) is 5.82 Å². The third kappa shape index (κ3) is 3.39. The van der Waals surface area contributed by atoms with Crippen LogP contribution < -0.4 is 0 Å². The van der Waals surface area contributed by atoms with Crippen LogP contribution in [0.1, 0.15) is 5.56 Å². The zero-order valence-electron chi connectivity index (χ0n) is 14.2. The number of aliphatic hydroxyl groups is 1. The van der Waals surface area contributed by atoms with Crippen molar-refractivity contribution >= 4 is 0 Å². The van der Waals surface area contributed by atoms with E-state index in [9.17, 15) is 5.11 Å². The number of rotatable bonds is 4. The molecule has 4 rings (SSSR count). The summed E-state index contributed by atoms with van der Waals surface area (Å²) in [6, 6.07) is 30.0. The van der Waals surface area contributed by atoms with Gasteiger partial charge < -0.3 is 5.11 Å². The fraction of sp³-hybridized carbons (Fsp3) is 0.0435. The highest BCUT2D eigenvalue weighted by Crippen LogP contribution is 2.27. The summed E-state index contributed by atoms with van der Waals surface area (Å²) in [5.41, 5.74) is 5.69. The van der Waals surface area contributed by atoms with Crippen molar-refractivity contribution in [2.75, 3.05) is 0 Å². The monoisotopic (exact) mass is 338 g/mol. The molecule has 0 saturated heterocycles. The molecular weight excluding hydrogens is 320 g/mol. The maximum Gasteiger partial charge on any atom is 0.160 e. The summed E-state index contributed by atoms with van der Waals surface area (Å²) in [5.74, 6) is 0.676. The van der Waals surface area contributed by atoms with Crippen molar-refractivity contribution in [1.29, 1.82) is 0 Å². The second-order valence-corrected chi connectivity index (χ2v) is 6.05. The largest absolute Gasteiger partial charge is 0.392 e. The van der Waals surface area contributed by atoms with Crippen LogP contribution in [-0.4, -0.2) is 15.1 Å². The molecule has 1 heterocycles. The molecule has 0 atom stereocenters. The first-order valence-electron chi connectivity index (χ1n) is 8.53. The summed E-state index contributed by atoms with van der Waals surface area (Å²) >= 11 is 0. The molecule has 3 aromatic carbocycles. The Morgan fingerprint density at radius 3 is 1.54 bits per heavy atom. The zero-order chi connectivity index (χ0) is 17.8. The first-order chi connectivity index (χ1) is 12.8. The lowest BCUT2D eigenvalue weighted by atomic mass is 10.1. The van der Waals surface area contributed by atoms with Crippen LogP contribution in [0.4, 0.5) is 0 Å². The minimum absolute atomic E-state index is 0.0282. The maximum atomic E-state index is 9.25. The predicted octanol–water partition coefficient (Wildman–Crippen LogP) is 4.97. The number of aromatic nitrogens is 2. The lowest BCUT2D eigenvalue weighted by molar-refractivity contribution is 0.282. The number of aliphatic hydroxyl groups excluding tert-OH is 1. The SMILES string of the molecule is OCc1ccc(-c2nc(-c3ccccc3)cc(-c3ccccc3)n2)cc1. The van der Waals surface area contributed by atoms with Crippen LogP contribution in [0.3, 0.4) is 0 Å². The summed E-state index contributed by atoms with van der Waals surface area (Å²) in [4.78, 5) is 9.56. The van der Waals surface area contributed by atoms with Gasteiger partial charge in [-0.1, -0.05) is 84.9 Å². The highest BCUT2D eigenvalue weighted by Gasteiger charge is 2.10. The van der Waals surface area contributed by atoms with Gasteiger partial charge in [-0.15, -0.1) is 0 Å². The first-order valence-corrected chi connectivity index (χ1v) is 8.53. The number of hydrogen-bond acceptors (Lipinski definition) is 3. The highest BCUT2D eigenvalue weighted by atomic mass is 16.3. The average Bonchev–Trinajstić information content (AvgIpc) is 2.75. The summed E-state index contributed by atoms with van der Waals surface area (Å²) in [6.45, 7) is 0.0282. The van der Waals surface area contributed by atoms with Crippen LogP contribution in [0.25, 0.3) is 33.9 Å². The molecule has 0 radical (unpaired) electrons. The normalized spacial score (nSPS) is 10.7. The van der Waals surface area contributed by atoms with Gasteiger partial charge in [-0.2, -0.15) is 0 Å². The minimum Gasteiger partial charge on any atom is -0.392 e. The van der Waals surface area contributed by atoms with Crippen LogP contribution in [0.5, 0.6) is 0 Å². The van der Waals surface area contributed by atoms with E-state index in [0.717, 1.165) is 33.6 Å². The van der Waals surface area contributed by atoms with Crippen molar-refractivity contribution in [1.82, 2.24) is 9.97 Å². The molecule has 0 unspecified atom stereocenters. The average molecular weight is 338 g/mol. The van der Waals surface area contributed by atoms with Crippen molar-refractivity contribution in [3.63, 3.8) is 0 Å². The molecule has 0 spiro atoms. The topological polar surface area (TPSA) is 46.0 Å². The summed E-state index contributed by atoms with van der Waals surface area (Å²) < 4.78 is 0. The van der Waals surface area contributed by atoms with E-state index in [1.165, 1.54) is 0 Å². The molecule has 0 aliphatic rings. The van der Waals surface area contributed by atoms with Crippen LogP contribution in [0.2, 0.25) is 0 Å². The van der Waals surface area contributed by atoms with E-state index >= 15 is 0 Å². The van der Waals surface area contributed by atoms with Crippen LogP contribution in [0, 0.1) is 0 Å². The van der Waals surface area contributed by atoms with Crippen molar-refractivity contribution < 1.29 is 5.11 Å². The first kappa shape index (κ1) is 16.2. The standard InChI is InChI=1S/C23H18N2O/c26-16-17-11-13-20(14-12-17)23-24-21(18-7-3-1-4-8-18)15-22(25-23)19-9-5-2-6-10-19/h1-15,26H,16H2. The Kier molecular flexibility index (Phi) is 4.54. The Morgan fingerprint density at radius 2 is 1.08 bits per heavy atom. The van der Waals surface area contributed by atoms with E-state index in [1.54, 1.807) is 0 Å². The summed E-state index contributed by atoms with van der Waals surface area (Å²) in [6.07, 6.45) is 0. The molecule has 3 heteroatoms. The molecule has 126 valence electrons. The molecular formula is C23H18N2O. The number of benzene rings is 3. The smallest absolute Gasteiger partial charge is 0.160 e. The molecule has 0 saturated carbocycles. The van der Waals surface area contributed by atoms with Crippen LogP contribution in [0.15, 0.2) is 91.0 Å². The molecule has 1 aromatic heterocycles. The Labute approximate surface area is 152 Å². The second kappa shape index (κ2) is 7.30. The summed E-state index contributed by atoms with van der Waals surface area (Å²) in [5, 5.41) is 9.25. The van der Waals surface area contributed by atoms with Gasteiger partial charge in [0, 0.05) is 16.7 Å². The second-order valence-electron chi connectivity index (χ2n) is 6.05. The lowest BCUT2D eigenvalue weighted by Crippen LogP contribution is -1.96. The van der Waals surface area contributed by atoms with E-state index < -0.39 is 0 Å². The van der Waals surface area contributed by atoms with Crippen molar-refractivity contribution in [2.45, 2.75) is 6.61 Å². The van der Waals surface area contributed by atoms with Crippen LogP contribution >= 0.6 is 0 Å². The van der Waals surface area contributed by atoms with Crippen molar-refractivity contribution in [2.24, 2.45) is 0 Å². The molecule has 26 heavy (non-hydrogen) atoms. The highest BCUT2D eigenvalue weighted by molar-refractivity contribution is 5.71. The Balaban J connectivity index is 1.87. The quantitative estimate of drug-likeness (QED) is 0.571. The lowest BCUT2D eigenvalue weighted by Gasteiger charge is -2.09. The van der Waals surface area contributed by atoms with Gasteiger partial charge in [0.15, 0.2) is 5.82 Å². The molecule has 0 bridgehead atoms. The molecule has 0 fully saturated rings. The fourth-order valence-electron chi connectivity index (χ4n) is 2.85. The maximum absolute atomic E-state index is 9.25. The van der Waals surface area contributed by atoms with Gasteiger partial charge in [0.1, 0.15) is 0 Å². The molecule has 0 aliphatic heterocycles. The zero-order valence-corrected chi connectivity index (χ0v) is 14.2. The molecule has 0 amide bonds. The van der Waals surface area contributed by atoms with Crippen molar-refractivity contribution in [3.05, 3.63) is 96.6 Å². The number of hydrogen-bond donors (Lipinski definition) is 1.